The lowest BCUT2D eigenvalue weighted by Crippen LogP contribution is -2.16. The van der Waals surface area contributed by atoms with E-state index in [1.54, 1.807) is 0 Å². The predicted molar refractivity (Wildman–Crippen MR) is 73.6 cm³/mol. The lowest BCUT2D eigenvalue weighted by molar-refractivity contribution is 0.300. The molecule has 1 N–H and O–H groups in total. The third-order valence-electron chi connectivity index (χ3n) is 3.06. The fourth-order valence-corrected chi connectivity index (χ4v) is 2.01. The summed E-state index contributed by atoms with van der Waals surface area (Å²) in [4.78, 5) is 0. The van der Waals surface area contributed by atoms with E-state index in [4.69, 9.17) is 4.74 Å². The molecule has 0 heterocycles. The number of benzene rings is 1. The molecule has 1 aromatic carbocycles. The normalized spacial score (nSPS) is 12.4. The minimum Gasteiger partial charge on any atom is -0.493 e. The van der Waals surface area contributed by atoms with Gasteiger partial charge in [0.15, 0.2) is 0 Å². The van der Waals surface area contributed by atoms with Gasteiger partial charge < -0.3 is 10.1 Å². The lowest BCUT2D eigenvalue weighted by atomic mass is 10.0. The first-order valence-corrected chi connectivity index (χ1v) is 6.72. The van der Waals surface area contributed by atoms with Crippen LogP contribution in [0.2, 0.25) is 0 Å². The van der Waals surface area contributed by atoms with Crippen LogP contribution in [0.3, 0.4) is 0 Å². The van der Waals surface area contributed by atoms with Crippen LogP contribution in [0.1, 0.15) is 51.1 Å². The summed E-state index contributed by atoms with van der Waals surface area (Å²) < 4.78 is 5.88. The fraction of sp³-hybridized carbons (Fsp3) is 0.600. The van der Waals surface area contributed by atoms with E-state index in [0.717, 1.165) is 25.2 Å². The Hall–Kier alpha value is -1.02. The van der Waals surface area contributed by atoms with Crippen molar-refractivity contribution in [2.24, 2.45) is 0 Å². The summed E-state index contributed by atoms with van der Waals surface area (Å²) in [6.45, 7) is 5.22. The molecule has 0 aliphatic rings. The molecule has 0 fully saturated rings. The predicted octanol–water partition coefficient (Wildman–Crippen LogP) is 3.93. The highest BCUT2D eigenvalue weighted by molar-refractivity contribution is 5.35. The van der Waals surface area contributed by atoms with Gasteiger partial charge in [0.25, 0.3) is 0 Å². The van der Waals surface area contributed by atoms with Gasteiger partial charge in [-0.3, -0.25) is 0 Å². The second-order valence-electron chi connectivity index (χ2n) is 4.34. The van der Waals surface area contributed by atoms with Crippen molar-refractivity contribution in [1.82, 2.24) is 5.32 Å². The quantitative estimate of drug-likeness (QED) is 0.689. The van der Waals surface area contributed by atoms with Gasteiger partial charge in [0, 0.05) is 11.6 Å². The molecule has 0 aromatic heterocycles. The van der Waals surface area contributed by atoms with Crippen molar-refractivity contribution in [3.05, 3.63) is 29.8 Å². The molecule has 1 rings (SSSR count). The van der Waals surface area contributed by atoms with Gasteiger partial charge in [-0.15, -0.1) is 0 Å². The molecular formula is C15H25NO. The maximum Gasteiger partial charge on any atom is 0.124 e. The van der Waals surface area contributed by atoms with E-state index in [1.165, 1.54) is 18.4 Å². The van der Waals surface area contributed by atoms with Crippen LogP contribution in [0, 0.1) is 0 Å². The Morgan fingerprint density at radius 1 is 1.18 bits per heavy atom. The second-order valence-corrected chi connectivity index (χ2v) is 4.34. The number of nitrogens with one attached hydrogen (secondary N) is 1. The van der Waals surface area contributed by atoms with Gasteiger partial charge in [-0.25, -0.2) is 0 Å². The summed E-state index contributed by atoms with van der Waals surface area (Å²) in [6, 6.07) is 8.73. The van der Waals surface area contributed by atoms with Crippen molar-refractivity contribution in [3.8, 4) is 5.75 Å². The van der Waals surface area contributed by atoms with Gasteiger partial charge in [0.05, 0.1) is 6.61 Å². The zero-order valence-corrected chi connectivity index (χ0v) is 11.3. The van der Waals surface area contributed by atoms with Crippen LogP contribution >= 0.6 is 0 Å². The molecule has 0 bridgehead atoms. The molecule has 0 saturated carbocycles. The van der Waals surface area contributed by atoms with E-state index in [9.17, 15) is 0 Å². The van der Waals surface area contributed by atoms with Gasteiger partial charge in [0.2, 0.25) is 0 Å². The van der Waals surface area contributed by atoms with Crippen LogP contribution in [0.15, 0.2) is 24.3 Å². The molecule has 2 nitrogen and oxygen atoms in total. The topological polar surface area (TPSA) is 21.3 Å². The Morgan fingerprint density at radius 2 is 1.94 bits per heavy atom. The third-order valence-corrected chi connectivity index (χ3v) is 3.06. The summed E-state index contributed by atoms with van der Waals surface area (Å²) in [5.74, 6) is 1.03. The van der Waals surface area contributed by atoms with Crippen molar-refractivity contribution in [1.29, 1.82) is 0 Å². The summed E-state index contributed by atoms with van der Waals surface area (Å²) in [7, 11) is 2.00. The molecule has 1 unspecified atom stereocenters. The lowest BCUT2D eigenvalue weighted by Gasteiger charge is -2.18. The zero-order chi connectivity index (χ0) is 12.5. The molecule has 0 radical (unpaired) electrons. The molecule has 96 valence electrons. The standard InChI is InChI=1S/C15H25NO/c1-4-6-9-12-17-15-11-8-7-10-13(15)14(5-2)16-3/h7-8,10-11,14,16H,4-6,9,12H2,1-3H3. The van der Waals surface area contributed by atoms with Gasteiger partial charge in [-0.1, -0.05) is 44.9 Å². The van der Waals surface area contributed by atoms with E-state index >= 15 is 0 Å². The average molecular weight is 235 g/mol. The highest BCUT2D eigenvalue weighted by atomic mass is 16.5. The Bertz CT molecular complexity index is 308. The smallest absolute Gasteiger partial charge is 0.124 e. The van der Waals surface area contributed by atoms with Crippen LogP contribution < -0.4 is 10.1 Å². The van der Waals surface area contributed by atoms with E-state index in [-0.39, 0.29) is 0 Å². The van der Waals surface area contributed by atoms with Crippen LogP contribution in [0.5, 0.6) is 5.75 Å². The Labute approximate surface area is 105 Å². The molecule has 1 aromatic rings. The Morgan fingerprint density at radius 3 is 2.59 bits per heavy atom. The van der Waals surface area contributed by atoms with Crippen molar-refractivity contribution in [2.75, 3.05) is 13.7 Å². The Balaban J connectivity index is 2.63. The minimum absolute atomic E-state index is 0.386. The number of hydrogen-bond acceptors (Lipinski definition) is 2. The van der Waals surface area contributed by atoms with Crippen molar-refractivity contribution < 1.29 is 4.74 Å². The fourth-order valence-electron chi connectivity index (χ4n) is 2.01. The number of ether oxygens (including phenoxy) is 1. The molecular weight excluding hydrogens is 210 g/mol. The largest absolute Gasteiger partial charge is 0.493 e. The maximum absolute atomic E-state index is 5.88. The van der Waals surface area contributed by atoms with Gasteiger partial charge in [0.1, 0.15) is 5.75 Å². The number of unbranched alkanes of at least 4 members (excludes halogenated alkanes) is 2. The van der Waals surface area contributed by atoms with Crippen molar-refractivity contribution >= 4 is 0 Å². The first-order valence-electron chi connectivity index (χ1n) is 6.72. The third kappa shape index (κ3) is 4.39. The summed E-state index contributed by atoms with van der Waals surface area (Å²) in [5, 5.41) is 3.33. The Kier molecular flexibility index (Phi) is 6.71. The maximum atomic E-state index is 5.88. The molecule has 0 aliphatic carbocycles. The highest BCUT2D eigenvalue weighted by Gasteiger charge is 2.11. The zero-order valence-electron chi connectivity index (χ0n) is 11.3. The van der Waals surface area contributed by atoms with Gasteiger partial charge >= 0.3 is 0 Å². The molecule has 0 aliphatic heterocycles. The summed E-state index contributed by atoms with van der Waals surface area (Å²) in [6.07, 6.45) is 4.69. The van der Waals surface area contributed by atoms with Crippen molar-refractivity contribution in [3.63, 3.8) is 0 Å². The van der Waals surface area contributed by atoms with E-state index < -0.39 is 0 Å². The van der Waals surface area contributed by atoms with Crippen LogP contribution in [-0.4, -0.2) is 13.7 Å². The van der Waals surface area contributed by atoms with Gasteiger partial charge in [-0.05, 0) is 26.0 Å². The van der Waals surface area contributed by atoms with E-state index in [0.29, 0.717) is 6.04 Å². The van der Waals surface area contributed by atoms with E-state index in [1.807, 2.05) is 13.1 Å². The van der Waals surface area contributed by atoms with Crippen LogP contribution in [0.25, 0.3) is 0 Å². The first-order chi connectivity index (χ1) is 8.33. The molecule has 1 atom stereocenters. The summed E-state index contributed by atoms with van der Waals surface area (Å²) >= 11 is 0. The molecule has 0 amide bonds. The highest BCUT2D eigenvalue weighted by Crippen LogP contribution is 2.26. The number of para-hydroxylation sites is 1. The molecule has 17 heavy (non-hydrogen) atoms. The minimum atomic E-state index is 0.386. The molecule has 0 saturated heterocycles. The van der Waals surface area contributed by atoms with Crippen molar-refractivity contribution in [2.45, 2.75) is 45.6 Å². The first kappa shape index (κ1) is 14.0. The second kappa shape index (κ2) is 8.13. The number of hydrogen-bond donors (Lipinski definition) is 1. The van der Waals surface area contributed by atoms with Crippen LogP contribution in [-0.2, 0) is 0 Å². The van der Waals surface area contributed by atoms with E-state index in [2.05, 4.69) is 37.4 Å². The monoisotopic (exact) mass is 235 g/mol. The van der Waals surface area contributed by atoms with Gasteiger partial charge in [-0.2, -0.15) is 0 Å². The SMILES string of the molecule is CCCCCOc1ccccc1C(CC)NC. The van der Waals surface area contributed by atoms with Crippen LogP contribution in [0.4, 0.5) is 0 Å². The number of rotatable bonds is 8. The molecule has 2 heteroatoms. The molecule has 0 spiro atoms. The summed E-state index contributed by atoms with van der Waals surface area (Å²) in [5.41, 5.74) is 1.27. The average Bonchev–Trinajstić information content (AvgIpc) is 2.38.